The van der Waals surface area contributed by atoms with Crippen molar-refractivity contribution in [3.8, 4) is 0 Å². The van der Waals surface area contributed by atoms with E-state index in [-0.39, 0.29) is 5.91 Å². The minimum atomic E-state index is -0.0242. The monoisotopic (exact) mass is 274 g/mol. The highest BCUT2D eigenvalue weighted by atomic mass is 16.1. The molecule has 1 aliphatic rings. The Hall–Kier alpha value is -1.51. The normalized spacial score (nSPS) is 26.1. The minimum Gasteiger partial charge on any atom is -0.382 e. The smallest absolute Gasteiger partial charge is 0.221 e. The van der Waals surface area contributed by atoms with Crippen LogP contribution in [0.1, 0.15) is 45.6 Å². The van der Waals surface area contributed by atoms with Gasteiger partial charge in [-0.3, -0.25) is 4.79 Å². The SMILES string of the molecule is CC(=O)Nc1ccc(NC2CCC(C)C(C)C2)cc1C. The number of rotatable bonds is 3. The number of nitrogens with one attached hydrogen (secondary N) is 2. The number of aryl methyl sites for hydroxylation is 1. The van der Waals surface area contributed by atoms with E-state index in [4.69, 9.17) is 0 Å². The first-order chi connectivity index (χ1) is 9.45. The Bertz CT molecular complexity index is 484. The molecule has 0 spiro atoms. The third-order valence-corrected chi connectivity index (χ3v) is 4.51. The quantitative estimate of drug-likeness (QED) is 0.867. The zero-order valence-corrected chi connectivity index (χ0v) is 13.0. The lowest BCUT2D eigenvalue weighted by molar-refractivity contribution is -0.114. The maximum absolute atomic E-state index is 11.1. The molecule has 0 aliphatic heterocycles. The van der Waals surface area contributed by atoms with E-state index in [0.29, 0.717) is 6.04 Å². The van der Waals surface area contributed by atoms with Gasteiger partial charge in [0.05, 0.1) is 0 Å². The fourth-order valence-corrected chi connectivity index (χ4v) is 3.00. The second-order valence-electron chi connectivity index (χ2n) is 6.32. The summed E-state index contributed by atoms with van der Waals surface area (Å²) < 4.78 is 0. The summed E-state index contributed by atoms with van der Waals surface area (Å²) in [7, 11) is 0. The molecule has 2 N–H and O–H groups in total. The zero-order chi connectivity index (χ0) is 14.7. The van der Waals surface area contributed by atoms with Gasteiger partial charge in [0.15, 0.2) is 0 Å². The minimum absolute atomic E-state index is 0.0242. The Morgan fingerprint density at radius 2 is 1.95 bits per heavy atom. The first kappa shape index (κ1) is 14.9. The van der Waals surface area contributed by atoms with Gasteiger partial charge < -0.3 is 10.6 Å². The number of carbonyl (C=O) groups is 1. The van der Waals surface area contributed by atoms with Crippen molar-refractivity contribution < 1.29 is 4.79 Å². The van der Waals surface area contributed by atoms with Crippen molar-refractivity contribution in [3.05, 3.63) is 23.8 Å². The summed E-state index contributed by atoms with van der Waals surface area (Å²) in [6, 6.07) is 6.73. The highest BCUT2D eigenvalue weighted by molar-refractivity contribution is 5.89. The Morgan fingerprint density at radius 3 is 2.55 bits per heavy atom. The summed E-state index contributed by atoms with van der Waals surface area (Å²) in [5.74, 6) is 1.61. The van der Waals surface area contributed by atoms with Crippen LogP contribution in [0.25, 0.3) is 0 Å². The molecule has 0 saturated heterocycles. The van der Waals surface area contributed by atoms with Gasteiger partial charge in [-0.05, 0) is 61.8 Å². The predicted octanol–water partition coefficient (Wildman–Crippen LogP) is 4.19. The molecule has 3 nitrogen and oxygen atoms in total. The van der Waals surface area contributed by atoms with Crippen LogP contribution in [0.2, 0.25) is 0 Å². The second-order valence-corrected chi connectivity index (χ2v) is 6.32. The zero-order valence-electron chi connectivity index (χ0n) is 13.0. The summed E-state index contributed by atoms with van der Waals surface area (Å²) >= 11 is 0. The molecule has 1 aromatic carbocycles. The van der Waals surface area contributed by atoms with Crippen LogP contribution in [-0.2, 0) is 4.79 Å². The molecule has 3 unspecified atom stereocenters. The van der Waals surface area contributed by atoms with Crippen molar-refractivity contribution >= 4 is 17.3 Å². The summed E-state index contributed by atoms with van der Waals surface area (Å²) in [4.78, 5) is 11.1. The van der Waals surface area contributed by atoms with Crippen molar-refractivity contribution in [2.75, 3.05) is 10.6 Å². The molecule has 3 atom stereocenters. The molecule has 0 radical (unpaired) electrons. The predicted molar refractivity (Wildman–Crippen MR) is 85.1 cm³/mol. The van der Waals surface area contributed by atoms with E-state index in [0.717, 1.165) is 28.8 Å². The molecule has 1 aromatic rings. The van der Waals surface area contributed by atoms with Gasteiger partial charge in [-0.2, -0.15) is 0 Å². The lowest BCUT2D eigenvalue weighted by Gasteiger charge is -2.33. The molecule has 1 saturated carbocycles. The topological polar surface area (TPSA) is 41.1 Å². The molecule has 0 bridgehead atoms. The summed E-state index contributed by atoms with van der Waals surface area (Å²) in [6.07, 6.45) is 3.80. The first-order valence-electron chi connectivity index (χ1n) is 7.60. The Labute approximate surface area is 122 Å². The van der Waals surface area contributed by atoms with Crippen molar-refractivity contribution in [3.63, 3.8) is 0 Å². The second kappa shape index (κ2) is 6.29. The first-order valence-corrected chi connectivity index (χ1v) is 7.60. The molecular formula is C17H26N2O. The lowest BCUT2D eigenvalue weighted by Crippen LogP contribution is -2.30. The maximum atomic E-state index is 11.1. The number of anilines is 2. The molecule has 20 heavy (non-hydrogen) atoms. The highest BCUT2D eigenvalue weighted by Crippen LogP contribution is 2.31. The number of benzene rings is 1. The van der Waals surface area contributed by atoms with Gasteiger partial charge in [-0.1, -0.05) is 13.8 Å². The van der Waals surface area contributed by atoms with Gasteiger partial charge in [0.25, 0.3) is 0 Å². The Morgan fingerprint density at radius 1 is 1.20 bits per heavy atom. The summed E-state index contributed by atoms with van der Waals surface area (Å²) in [5, 5.41) is 6.49. The van der Waals surface area contributed by atoms with Crippen LogP contribution < -0.4 is 10.6 Å². The molecule has 0 heterocycles. The number of carbonyl (C=O) groups excluding carboxylic acids is 1. The fourth-order valence-electron chi connectivity index (χ4n) is 3.00. The van der Waals surface area contributed by atoms with Crippen molar-refractivity contribution in [1.29, 1.82) is 0 Å². The van der Waals surface area contributed by atoms with E-state index in [1.54, 1.807) is 0 Å². The molecule has 1 amide bonds. The van der Waals surface area contributed by atoms with Gasteiger partial charge >= 0.3 is 0 Å². The van der Waals surface area contributed by atoms with Crippen LogP contribution in [0.3, 0.4) is 0 Å². The average molecular weight is 274 g/mol. The molecular weight excluding hydrogens is 248 g/mol. The Balaban J connectivity index is 2.00. The van der Waals surface area contributed by atoms with Gasteiger partial charge in [0.2, 0.25) is 5.91 Å². The molecule has 110 valence electrons. The van der Waals surface area contributed by atoms with Crippen LogP contribution in [0.15, 0.2) is 18.2 Å². The summed E-state index contributed by atoms with van der Waals surface area (Å²) in [6.45, 7) is 8.27. The maximum Gasteiger partial charge on any atom is 0.221 e. The van der Waals surface area contributed by atoms with Gasteiger partial charge in [-0.15, -0.1) is 0 Å². The van der Waals surface area contributed by atoms with E-state index in [9.17, 15) is 4.79 Å². The third-order valence-electron chi connectivity index (χ3n) is 4.51. The van der Waals surface area contributed by atoms with E-state index in [2.05, 4.69) is 36.6 Å². The third kappa shape index (κ3) is 3.75. The van der Waals surface area contributed by atoms with E-state index >= 15 is 0 Å². The number of hydrogen-bond acceptors (Lipinski definition) is 2. The van der Waals surface area contributed by atoms with Gasteiger partial charge in [-0.25, -0.2) is 0 Å². The molecule has 1 aliphatic carbocycles. The lowest BCUT2D eigenvalue weighted by atomic mass is 9.79. The van der Waals surface area contributed by atoms with E-state index < -0.39 is 0 Å². The van der Waals surface area contributed by atoms with Crippen molar-refractivity contribution in [2.24, 2.45) is 11.8 Å². The molecule has 0 aromatic heterocycles. The van der Waals surface area contributed by atoms with Crippen molar-refractivity contribution in [2.45, 2.75) is 53.0 Å². The number of amides is 1. The van der Waals surface area contributed by atoms with Gasteiger partial charge in [0, 0.05) is 24.3 Å². The van der Waals surface area contributed by atoms with Crippen LogP contribution in [0.5, 0.6) is 0 Å². The van der Waals surface area contributed by atoms with Crippen LogP contribution in [0.4, 0.5) is 11.4 Å². The molecule has 2 rings (SSSR count). The Kier molecular flexibility index (Phi) is 4.69. The van der Waals surface area contributed by atoms with Crippen LogP contribution in [0, 0.1) is 18.8 Å². The molecule has 1 fully saturated rings. The largest absolute Gasteiger partial charge is 0.382 e. The fraction of sp³-hybridized carbons (Fsp3) is 0.588. The van der Waals surface area contributed by atoms with Gasteiger partial charge in [0.1, 0.15) is 0 Å². The van der Waals surface area contributed by atoms with E-state index in [1.807, 2.05) is 13.0 Å². The van der Waals surface area contributed by atoms with Crippen LogP contribution >= 0.6 is 0 Å². The standard InChI is InChI=1S/C17H26N2O/c1-11-5-6-15(9-12(11)2)19-16-7-8-17(13(3)10-16)18-14(4)20/h7-8,10-12,15,19H,5-6,9H2,1-4H3,(H,18,20). The summed E-state index contributed by atoms with van der Waals surface area (Å²) in [5.41, 5.74) is 3.15. The van der Waals surface area contributed by atoms with Crippen LogP contribution in [-0.4, -0.2) is 11.9 Å². The highest BCUT2D eigenvalue weighted by Gasteiger charge is 2.24. The van der Waals surface area contributed by atoms with E-state index in [1.165, 1.54) is 26.2 Å². The average Bonchev–Trinajstić information content (AvgIpc) is 2.37. The van der Waals surface area contributed by atoms with Crippen molar-refractivity contribution in [1.82, 2.24) is 0 Å². The molecule has 3 heteroatoms. The number of hydrogen-bond donors (Lipinski definition) is 2.